The van der Waals surface area contributed by atoms with Gasteiger partial charge in [0.1, 0.15) is 0 Å². The van der Waals surface area contributed by atoms with Crippen molar-refractivity contribution in [3.05, 3.63) is 71.8 Å². The molecule has 0 aliphatic rings. The Hall–Kier alpha value is -0.660. The van der Waals surface area contributed by atoms with E-state index >= 15 is 0 Å². The van der Waals surface area contributed by atoms with E-state index in [1.54, 1.807) is 21.5 Å². The standard InChI is InChI=1S/C24H26Si.2ClH.Zr/c1-5-17-15-19-11-7-9-13-21(19)23(17)25(3,4)24-18(6-2)16-20-12-8-10-14-22(20)24;;;/h7-16H,5-6H2,1-4H3;2*1H;/q-2;;;+4/p-2. The number of hydrogen-bond acceptors (Lipinski definition) is 0. The van der Waals surface area contributed by atoms with Crippen molar-refractivity contribution >= 4 is 57.0 Å². The Balaban J connectivity index is 0.000000706. The molecule has 0 unspecified atom stereocenters. The summed E-state index contributed by atoms with van der Waals surface area (Å²) < 4.78 is 0. The predicted octanol–water partition coefficient (Wildman–Crippen LogP) is 6.75. The van der Waals surface area contributed by atoms with Crippen LogP contribution < -0.4 is 10.4 Å². The van der Waals surface area contributed by atoms with Crippen LogP contribution in [0.15, 0.2) is 60.7 Å². The Morgan fingerprint density at radius 2 is 1.11 bits per heavy atom. The van der Waals surface area contributed by atoms with Gasteiger partial charge in [-0.05, 0) is 12.8 Å². The molecule has 0 fully saturated rings. The number of benzene rings is 2. The van der Waals surface area contributed by atoms with Gasteiger partial charge in [-0.2, -0.15) is 10.4 Å². The van der Waals surface area contributed by atoms with Gasteiger partial charge in [-0.15, -0.1) is 81.2 Å². The van der Waals surface area contributed by atoms with E-state index in [0.717, 1.165) is 12.8 Å². The molecule has 0 bridgehead atoms. The van der Waals surface area contributed by atoms with Crippen molar-refractivity contribution in [1.29, 1.82) is 0 Å². The molecule has 0 aliphatic carbocycles. The van der Waals surface area contributed by atoms with E-state index in [1.165, 1.54) is 21.5 Å². The van der Waals surface area contributed by atoms with Crippen molar-refractivity contribution in [1.82, 2.24) is 0 Å². The Morgan fingerprint density at radius 1 is 0.750 bits per heavy atom. The van der Waals surface area contributed by atoms with Gasteiger partial charge in [0.15, 0.2) is 0 Å². The topological polar surface area (TPSA) is 0 Å². The number of rotatable bonds is 4. The Kier molecular flexibility index (Phi) is 7.42. The molecular formula is C24H26Cl2SiZr. The Labute approximate surface area is 188 Å². The third-order valence-electron chi connectivity index (χ3n) is 5.77. The van der Waals surface area contributed by atoms with E-state index in [9.17, 15) is 0 Å². The second-order valence-corrected chi connectivity index (χ2v) is 15.6. The molecule has 0 radical (unpaired) electrons. The molecule has 0 N–H and O–H groups in total. The van der Waals surface area contributed by atoms with Gasteiger partial charge < -0.3 is 0 Å². The molecular weight excluding hydrogens is 478 g/mol. The van der Waals surface area contributed by atoms with Crippen LogP contribution in [-0.2, 0) is 33.7 Å². The van der Waals surface area contributed by atoms with Crippen molar-refractivity contribution < 1.29 is 20.8 Å². The first-order chi connectivity index (χ1) is 13.5. The first kappa shape index (κ1) is 22.0. The predicted molar refractivity (Wildman–Crippen MR) is 126 cm³/mol. The third kappa shape index (κ3) is 3.99. The van der Waals surface area contributed by atoms with Crippen LogP contribution in [0.25, 0.3) is 21.5 Å². The van der Waals surface area contributed by atoms with Gasteiger partial charge >= 0.3 is 37.9 Å². The van der Waals surface area contributed by atoms with Crippen LogP contribution in [0.4, 0.5) is 0 Å². The van der Waals surface area contributed by atoms with Gasteiger partial charge in [-0.1, -0.05) is 39.1 Å². The zero-order valence-electron chi connectivity index (χ0n) is 16.9. The Bertz CT molecular complexity index is 991. The molecule has 0 aromatic heterocycles. The molecule has 28 heavy (non-hydrogen) atoms. The molecule has 0 nitrogen and oxygen atoms in total. The zero-order chi connectivity index (χ0) is 20.3. The molecule has 0 heterocycles. The van der Waals surface area contributed by atoms with Gasteiger partial charge in [0.25, 0.3) is 0 Å². The molecule has 0 aliphatic heterocycles. The van der Waals surface area contributed by atoms with Crippen molar-refractivity contribution in [2.75, 3.05) is 0 Å². The monoisotopic (exact) mass is 502 g/mol. The summed E-state index contributed by atoms with van der Waals surface area (Å²) in [6, 6.07) is 22.8. The van der Waals surface area contributed by atoms with Gasteiger partial charge in [0, 0.05) is 8.07 Å². The van der Waals surface area contributed by atoms with Crippen LogP contribution >= 0.6 is 17.0 Å². The summed E-state index contributed by atoms with van der Waals surface area (Å²) in [6.45, 7) is 9.70. The molecule has 4 heteroatoms. The number of aryl methyl sites for hydroxylation is 2. The number of halogens is 2. The minimum atomic E-state index is -1.81. The number of hydrogen-bond donors (Lipinski definition) is 0. The van der Waals surface area contributed by atoms with Crippen molar-refractivity contribution in [3.63, 3.8) is 0 Å². The van der Waals surface area contributed by atoms with Gasteiger partial charge in [-0.25, -0.2) is 0 Å². The summed E-state index contributed by atoms with van der Waals surface area (Å²) in [5.74, 6) is 0. The first-order valence-corrected chi connectivity index (χ1v) is 19.1. The van der Waals surface area contributed by atoms with Crippen LogP contribution in [0.3, 0.4) is 0 Å². The van der Waals surface area contributed by atoms with Crippen molar-refractivity contribution in [3.8, 4) is 0 Å². The fourth-order valence-corrected chi connectivity index (χ4v) is 8.88. The second-order valence-electron chi connectivity index (χ2n) is 7.67. The molecule has 0 spiro atoms. The SMILES string of the molecule is CCc1[cH-]c2ccccc2c1[Si](C)(C)c1c(CC)[cH-]c2ccccc12.[Cl][Zr+2][Cl]. The van der Waals surface area contributed by atoms with Crippen LogP contribution in [-0.4, -0.2) is 8.07 Å². The minimum absolute atomic E-state index is 0.826. The normalized spacial score (nSPS) is 11.4. The number of fused-ring (bicyclic) bond motifs is 2. The van der Waals surface area contributed by atoms with Crippen LogP contribution in [0.2, 0.25) is 13.1 Å². The average Bonchev–Trinajstić information content (AvgIpc) is 3.27. The molecule has 4 rings (SSSR count). The van der Waals surface area contributed by atoms with Crippen LogP contribution in [0.5, 0.6) is 0 Å². The van der Waals surface area contributed by atoms with Gasteiger partial charge in [0.2, 0.25) is 0 Å². The molecule has 0 atom stereocenters. The van der Waals surface area contributed by atoms with Crippen LogP contribution in [0, 0.1) is 0 Å². The molecule has 0 saturated heterocycles. The van der Waals surface area contributed by atoms with Gasteiger partial charge in [-0.3, -0.25) is 0 Å². The fraction of sp³-hybridized carbons (Fsp3) is 0.250. The summed E-state index contributed by atoms with van der Waals surface area (Å²) in [4.78, 5) is 0. The Morgan fingerprint density at radius 3 is 1.46 bits per heavy atom. The van der Waals surface area contributed by atoms with E-state index in [1.807, 2.05) is 0 Å². The summed E-state index contributed by atoms with van der Waals surface area (Å²) >= 11 is -0.826. The van der Waals surface area contributed by atoms with E-state index in [2.05, 4.69) is 87.6 Å². The quantitative estimate of drug-likeness (QED) is 0.213. The summed E-state index contributed by atoms with van der Waals surface area (Å²) in [6.07, 6.45) is 2.22. The molecule has 4 aromatic carbocycles. The van der Waals surface area contributed by atoms with Gasteiger partial charge in [0.05, 0.1) is 0 Å². The van der Waals surface area contributed by atoms with Crippen LogP contribution in [0.1, 0.15) is 25.0 Å². The summed E-state index contributed by atoms with van der Waals surface area (Å²) in [5.41, 5.74) is 3.09. The van der Waals surface area contributed by atoms with Crippen molar-refractivity contribution in [2.24, 2.45) is 0 Å². The molecule has 0 amide bonds. The average molecular weight is 505 g/mol. The van der Waals surface area contributed by atoms with E-state index in [-0.39, 0.29) is 0 Å². The first-order valence-electron chi connectivity index (χ1n) is 9.81. The zero-order valence-corrected chi connectivity index (χ0v) is 21.9. The summed E-state index contributed by atoms with van der Waals surface area (Å²) in [7, 11) is 8.06. The fourth-order valence-electron chi connectivity index (χ4n) is 4.73. The molecule has 4 aromatic rings. The molecule has 144 valence electrons. The maximum absolute atomic E-state index is 4.93. The van der Waals surface area contributed by atoms with E-state index in [0.29, 0.717) is 0 Å². The third-order valence-corrected chi connectivity index (χ3v) is 9.45. The maximum atomic E-state index is 4.93. The van der Waals surface area contributed by atoms with E-state index < -0.39 is 28.9 Å². The van der Waals surface area contributed by atoms with E-state index in [4.69, 9.17) is 17.0 Å². The molecule has 0 saturated carbocycles. The second kappa shape index (κ2) is 9.43. The summed E-state index contributed by atoms with van der Waals surface area (Å²) in [5, 5.41) is 9.06. The van der Waals surface area contributed by atoms with Crippen molar-refractivity contribution in [2.45, 2.75) is 39.8 Å².